The van der Waals surface area contributed by atoms with E-state index in [-0.39, 0.29) is 19.4 Å². The number of phosphoric acid groups is 1. The summed E-state index contributed by atoms with van der Waals surface area (Å²) in [5.41, 5.74) is 0. The van der Waals surface area contributed by atoms with Crippen molar-refractivity contribution >= 4 is 19.8 Å². The van der Waals surface area contributed by atoms with Crippen molar-refractivity contribution in [1.29, 1.82) is 0 Å². The van der Waals surface area contributed by atoms with E-state index in [9.17, 15) is 24.2 Å². The molecule has 0 fully saturated rings. The van der Waals surface area contributed by atoms with Gasteiger partial charge < -0.3 is 24.6 Å². The van der Waals surface area contributed by atoms with Gasteiger partial charge in [0.1, 0.15) is 12.7 Å². The monoisotopic (exact) mass is 788 g/mol. The average molecular weight is 789 g/mol. The number of carbonyl (C=O) groups is 2. The predicted molar refractivity (Wildman–Crippen MR) is 223 cm³/mol. The highest BCUT2D eigenvalue weighted by Gasteiger charge is 2.27. The molecule has 0 rings (SSSR count). The number of hydrogen-bond acceptors (Lipinski definition) is 9. The fourth-order valence-electron chi connectivity index (χ4n) is 4.43. The number of phosphoric ester groups is 1. The van der Waals surface area contributed by atoms with Gasteiger partial charge in [-0.2, -0.15) is 0 Å². The largest absolute Gasteiger partial charge is 0.472 e. The van der Waals surface area contributed by atoms with Gasteiger partial charge in [0.2, 0.25) is 0 Å². The van der Waals surface area contributed by atoms with Gasteiger partial charge in [-0.1, -0.05) is 123 Å². The molecule has 310 valence electrons. The number of allylic oxidation sites excluding steroid dienone is 18. The summed E-state index contributed by atoms with van der Waals surface area (Å²) in [6.07, 6.45) is 47.8. The molecule has 0 saturated heterocycles. The number of unbranched alkanes of at least 4 members (excludes halogenated alkanes) is 3. The van der Waals surface area contributed by atoms with E-state index < -0.39 is 51.8 Å². The van der Waals surface area contributed by atoms with E-state index in [2.05, 4.69) is 116 Å². The SMILES string of the molecule is CC/C=C\C/C=C\C/C=C\C/C=C\C/C=C\CCCC(=O)O[C@H](COC(=O)CCCC/C=C\C/C=C\C/C=C\C/C=C\CC)COP(=O)(O)OC[C@@H](O)CO. The molecule has 0 spiro atoms. The summed E-state index contributed by atoms with van der Waals surface area (Å²) in [7, 11) is -4.65. The van der Waals surface area contributed by atoms with E-state index in [1.54, 1.807) is 0 Å². The normalized spacial score (nSPS) is 15.1. The minimum absolute atomic E-state index is 0.0893. The van der Waals surface area contributed by atoms with E-state index in [0.717, 1.165) is 70.6 Å². The Morgan fingerprint density at radius 2 is 0.945 bits per heavy atom. The van der Waals surface area contributed by atoms with Crippen LogP contribution in [0.5, 0.6) is 0 Å². The van der Waals surface area contributed by atoms with Gasteiger partial charge in [0.15, 0.2) is 6.10 Å². The van der Waals surface area contributed by atoms with Crippen LogP contribution < -0.4 is 0 Å². The molecule has 0 aromatic heterocycles. The summed E-state index contributed by atoms with van der Waals surface area (Å²) < 4.78 is 32.5. The van der Waals surface area contributed by atoms with Gasteiger partial charge in [-0.15, -0.1) is 0 Å². The van der Waals surface area contributed by atoms with Crippen molar-refractivity contribution < 1.29 is 47.8 Å². The van der Waals surface area contributed by atoms with Crippen LogP contribution >= 0.6 is 7.82 Å². The Kier molecular flexibility index (Phi) is 36.5. The molecular weight excluding hydrogens is 719 g/mol. The number of hydrogen-bond donors (Lipinski definition) is 3. The van der Waals surface area contributed by atoms with E-state index >= 15 is 0 Å². The molecule has 0 heterocycles. The summed E-state index contributed by atoms with van der Waals surface area (Å²) >= 11 is 0. The van der Waals surface area contributed by atoms with Crippen LogP contribution in [0.1, 0.15) is 117 Å². The lowest BCUT2D eigenvalue weighted by Crippen LogP contribution is -2.29. The second kappa shape index (κ2) is 38.9. The number of aliphatic hydroxyl groups excluding tert-OH is 2. The van der Waals surface area contributed by atoms with Gasteiger partial charge in [-0.3, -0.25) is 18.6 Å². The van der Waals surface area contributed by atoms with Crippen LogP contribution in [0, 0.1) is 0 Å². The number of ether oxygens (including phenoxy) is 2. The zero-order chi connectivity index (χ0) is 40.5. The predicted octanol–water partition coefficient (Wildman–Crippen LogP) is 10.2. The van der Waals surface area contributed by atoms with E-state index in [0.29, 0.717) is 19.3 Å². The number of rotatable bonds is 35. The maximum absolute atomic E-state index is 12.6. The molecule has 55 heavy (non-hydrogen) atoms. The van der Waals surface area contributed by atoms with Crippen molar-refractivity contribution in [2.75, 3.05) is 26.4 Å². The molecule has 0 bridgehead atoms. The van der Waals surface area contributed by atoms with E-state index in [4.69, 9.17) is 19.1 Å². The lowest BCUT2D eigenvalue weighted by molar-refractivity contribution is -0.161. The molecule has 0 aromatic carbocycles. The maximum atomic E-state index is 12.6. The Labute approximate surface area is 331 Å². The summed E-state index contributed by atoms with van der Waals surface area (Å²) in [5.74, 6) is -1.06. The standard InChI is InChI=1S/C44H69O10P/c1-3-5-7-9-11-13-15-17-19-20-22-24-26-28-30-32-34-36-44(48)54-42(40-53-55(49,50)52-38-41(46)37-45)39-51-43(47)35-33-31-29-27-25-23-21-18-16-14-12-10-8-6-4-2/h5-8,11-14,17-19,21-22,24-25,27-28,30,41-42,45-46H,3-4,9-10,15-16,20,23,26,29,31-40H2,1-2H3,(H,49,50)/b7-5-,8-6-,13-11-,14-12-,19-17-,21-18-,24-22-,27-25-,30-28-/t41-,42+/m0/s1. The van der Waals surface area contributed by atoms with Gasteiger partial charge >= 0.3 is 19.8 Å². The second-order valence-electron chi connectivity index (χ2n) is 12.5. The zero-order valence-corrected chi connectivity index (χ0v) is 34.2. The summed E-state index contributed by atoms with van der Waals surface area (Å²) in [4.78, 5) is 34.9. The van der Waals surface area contributed by atoms with E-state index in [1.165, 1.54) is 0 Å². The Hall–Kier alpha value is -3.37. The molecule has 11 heteroatoms. The first kappa shape index (κ1) is 51.6. The van der Waals surface area contributed by atoms with Crippen molar-refractivity contribution in [3.63, 3.8) is 0 Å². The third kappa shape index (κ3) is 38.7. The second-order valence-corrected chi connectivity index (χ2v) is 14.0. The van der Waals surface area contributed by atoms with Crippen molar-refractivity contribution in [1.82, 2.24) is 0 Å². The molecule has 0 radical (unpaired) electrons. The van der Waals surface area contributed by atoms with Crippen LogP contribution in [0.4, 0.5) is 0 Å². The summed E-state index contributed by atoms with van der Waals surface area (Å²) in [5, 5.41) is 18.3. The minimum atomic E-state index is -4.65. The van der Waals surface area contributed by atoms with Crippen LogP contribution in [0.3, 0.4) is 0 Å². The van der Waals surface area contributed by atoms with Crippen LogP contribution in [-0.2, 0) is 32.7 Å². The highest BCUT2D eigenvalue weighted by molar-refractivity contribution is 7.47. The quantitative estimate of drug-likeness (QED) is 0.0245. The molecule has 0 aromatic rings. The van der Waals surface area contributed by atoms with Crippen molar-refractivity contribution in [2.24, 2.45) is 0 Å². The van der Waals surface area contributed by atoms with Crippen LogP contribution in [-0.4, -0.2) is 65.7 Å². The first-order chi connectivity index (χ1) is 26.7. The van der Waals surface area contributed by atoms with Crippen molar-refractivity contribution in [3.05, 3.63) is 109 Å². The minimum Gasteiger partial charge on any atom is -0.462 e. The van der Waals surface area contributed by atoms with Crippen LogP contribution in [0.15, 0.2) is 109 Å². The third-order valence-corrected chi connectivity index (χ3v) is 8.37. The Morgan fingerprint density at radius 3 is 1.40 bits per heavy atom. The fourth-order valence-corrected chi connectivity index (χ4v) is 5.22. The number of aliphatic hydroxyl groups is 2. The van der Waals surface area contributed by atoms with Gasteiger partial charge in [-0.25, -0.2) is 4.57 Å². The zero-order valence-electron chi connectivity index (χ0n) is 33.3. The van der Waals surface area contributed by atoms with E-state index in [1.807, 2.05) is 12.2 Å². The Bertz CT molecular complexity index is 1270. The average Bonchev–Trinajstić information content (AvgIpc) is 3.17. The molecule has 0 aliphatic carbocycles. The van der Waals surface area contributed by atoms with Gasteiger partial charge in [0, 0.05) is 12.8 Å². The molecular formula is C44H69O10P. The summed E-state index contributed by atoms with van der Waals surface area (Å²) in [6, 6.07) is 0. The maximum Gasteiger partial charge on any atom is 0.472 e. The topological polar surface area (TPSA) is 149 Å². The first-order valence-corrected chi connectivity index (χ1v) is 21.3. The fraction of sp³-hybridized carbons (Fsp3) is 0.545. The van der Waals surface area contributed by atoms with Gasteiger partial charge in [0.05, 0.1) is 19.8 Å². The molecule has 1 unspecified atom stereocenters. The highest BCUT2D eigenvalue weighted by atomic mass is 31.2. The molecule has 10 nitrogen and oxygen atoms in total. The highest BCUT2D eigenvalue weighted by Crippen LogP contribution is 2.43. The molecule has 3 N–H and O–H groups in total. The third-order valence-electron chi connectivity index (χ3n) is 7.42. The van der Waals surface area contributed by atoms with Crippen LogP contribution in [0.25, 0.3) is 0 Å². The van der Waals surface area contributed by atoms with Crippen LogP contribution in [0.2, 0.25) is 0 Å². The molecule has 3 atom stereocenters. The van der Waals surface area contributed by atoms with Gasteiger partial charge in [0.25, 0.3) is 0 Å². The molecule has 0 amide bonds. The Morgan fingerprint density at radius 1 is 0.545 bits per heavy atom. The molecule has 0 saturated carbocycles. The summed E-state index contributed by atoms with van der Waals surface area (Å²) in [6.45, 7) is 1.99. The Balaban J connectivity index is 4.55. The lowest BCUT2D eigenvalue weighted by Gasteiger charge is -2.20. The first-order valence-electron chi connectivity index (χ1n) is 19.8. The number of carbonyl (C=O) groups excluding carboxylic acids is 2. The van der Waals surface area contributed by atoms with Crippen molar-refractivity contribution in [2.45, 2.75) is 129 Å². The molecule has 0 aliphatic rings. The molecule has 0 aliphatic heterocycles. The smallest absolute Gasteiger partial charge is 0.462 e. The van der Waals surface area contributed by atoms with Crippen molar-refractivity contribution in [3.8, 4) is 0 Å². The van der Waals surface area contributed by atoms with Gasteiger partial charge in [-0.05, 0) is 89.9 Å². The number of esters is 2. The lowest BCUT2D eigenvalue weighted by atomic mass is 10.2.